The minimum absolute atomic E-state index is 0.0315. The van der Waals surface area contributed by atoms with Crippen LogP contribution in [0.15, 0.2) is 0 Å². The molecule has 0 aromatic carbocycles. The summed E-state index contributed by atoms with van der Waals surface area (Å²) in [7, 11) is 0. The van der Waals surface area contributed by atoms with E-state index in [4.69, 9.17) is 5.11 Å². The highest BCUT2D eigenvalue weighted by molar-refractivity contribution is 5.75. The maximum Gasteiger partial charge on any atom is 0.332 e. The van der Waals surface area contributed by atoms with Crippen molar-refractivity contribution in [2.75, 3.05) is 13.1 Å². The van der Waals surface area contributed by atoms with Gasteiger partial charge in [-0.2, -0.15) is 0 Å². The van der Waals surface area contributed by atoms with E-state index < -0.39 is 12.1 Å². The van der Waals surface area contributed by atoms with E-state index in [2.05, 4.69) is 19.2 Å². The number of hydrogen-bond donors (Lipinski definition) is 3. The third-order valence-corrected chi connectivity index (χ3v) is 3.95. The van der Waals surface area contributed by atoms with Crippen molar-refractivity contribution in [2.24, 2.45) is 5.92 Å². The van der Waals surface area contributed by atoms with E-state index in [1.807, 2.05) is 4.90 Å². The van der Waals surface area contributed by atoms with Gasteiger partial charge in [-0.1, -0.05) is 26.7 Å². The number of aliphatic carboxylic acids is 1. The molecule has 0 unspecified atom stereocenters. The van der Waals surface area contributed by atoms with E-state index in [-0.39, 0.29) is 19.0 Å². The number of carbonyl (C=O) groups excluding carboxylic acids is 1. The number of urea groups is 1. The van der Waals surface area contributed by atoms with Crippen LogP contribution >= 0.6 is 0 Å². The van der Waals surface area contributed by atoms with Crippen LogP contribution in [0.25, 0.3) is 0 Å². The van der Waals surface area contributed by atoms with Crippen LogP contribution < -0.4 is 5.32 Å². The molecule has 0 saturated heterocycles. The molecule has 0 aromatic rings. The standard InChI is InChI=1S/C15H28N2O4/c1-11(2)8-10-17(12-5-3-4-6-12)15(21)16-9-7-13(18)14(19)20/h11-13,18H,3-10H2,1-2H3,(H,16,21)(H,19,20)/t13-/m0/s1. The minimum atomic E-state index is -1.42. The van der Waals surface area contributed by atoms with E-state index in [1.165, 1.54) is 0 Å². The minimum Gasteiger partial charge on any atom is -0.479 e. The van der Waals surface area contributed by atoms with Crippen LogP contribution in [-0.2, 0) is 4.79 Å². The molecule has 0 heterocycles. The highest BCUT2D eigenvalue weighted by Gasteiger charge is 2.26. The molecule has 0 radical (unpaired) electrons. The second kappa shape index (κ2) is 8.87. The first-order valence-electron chi connectivity index (χ1n) is 7.87. The number of carboxylic acids is 1. The number of rotatable bonds is 8. The molecule has 3 N–H and O–H groups in total. The molecule has 0 aromatic heterocycles. The molecule has 1 aliphatic rings. The predicted octanol–water partition coefficient (Wildman–Crippen LogP) is 1.82. The highest BCUT2D eigenvalue weighted by Crippen LogP contribution is 2.24. The lowest BCUT2D eigenvalue weighted by Gasteiger charge is -2.30. The molecule has 0 spiro atoms. The van der Waals surface area contributed by atoms with E-state index in [1.54, 1.807) is 0 Å². The van der Waals surface area contributed by atoms with E-state index >= 15 is 0 Å². The third kappa shape index (κ3) is 6.33. The van der Waals surface area contributed by atoms with Crippen LogP contribution in [-0.4, -0.2) is 52.3 Å². The van der Waals surface area contributed by atoms with Gasteiger partial charge in [-0.15, -0.1) is 0 Å². The smallest absolute Gasteiger partial charge is 0.332 e. The van der Waals surface area contributed by atoms with Crippen molar-refractivity contribution < 1.29 is 19.8 Å². The summed E-state index contributed by atoms with van der Waals surface area (Å²) in [4.78, 5) is 24.7. The van der Waals surface area contributed by atoms with Gasteiger partial charge < -0.3 is 20.4 Å². The number of aliphatic hydroxyl groups excluding tert-OH is 1. The SMILES string of the molecule is CC(C)CCN(C(=O)NCC[C@H](O)C(=O)O)C1CCCC1. The Morgan fingerprint density at radius 2 is 1.86 bits per heavy atom. The van der Waals surface area contributed by atoms with Gasteiger partial charge >= 0.3 is 12.0 Å². The van der Waals surface area contributed by atoms with Crippen LogP contribution in [0.5, 0.6) is 0 Å². The molecule has 0 aliphatic heterocycles. The molecular weight excluding hydrogens is 272 g/mol. The molecule has 6 heteroatoms. The Labute approximate surface area is 126 Å². The summed E-state index contributed by atoms with van der Waals surface area (Å²) in [6, 6.07) is 0.160. The maximum atomic E-state index is 12.3. The molecule has 6 nitrogen and oxygen atoms in total. The van der Waals surface area contributed by atoms with Gasteiger partial charge in [0.25, 0.3) is 0 Å². The number of aliphatic hydroxyl groups is 1. The van der Waals surface area contributed by atoms with Crippen LogP contribution in [0.1, 0.15) is 52.4 Å². The van der Waals surface area contributed by atoms with E-state index in [0.717, 1.165) is 38.6 Å². The van der Waals surface area contributed by atoms with Crippen molar-refractivity contribution in [3.05, 3.63) is 0 Å². The Bertz CT molecular complexity index is 341. The molecule has 21 heavy (non-hydrogen) atoms. The number of carbonyl (C=O) groups is 2. The fraction of sp³-hybridized carbons (Fsp3) is 0.867. The first-order valence-corrected chi connectivity index (χ1v) is 7.87. The summed E-state index contributed by atoms with van der Waals surface area (Å²) < 4.78 is 0. The van der Waals surface area contributed by atoms with Gasteiger partial charge in [-0.3, -0.25) is 0 Å². The number of hydrogen-bond acceptors (Lipinski definition) is 3. The largest absolute Gasteiger partial charge is 0.479 e. The van der Waals surface area contributed by atoms with Gasteiger partial charge in [-0.05, 0) is 25.2 Å². The van der Waals surface area contributed by atoms with Crippen molar-refractivity contribution in [1.29, 1.82) is 0 Å². The fourth-order valence-corrected chi connectivity index (χ4v) is 2.60. The lowest BCUT2D eigenvalue weighted by Crippen LogP contribution is -2.46. The van der Waals surface area contributed by atoms with Crippen molar-refractivity contribution in [2.45, 2.75) is 64.5 Å². The second-order valence-electron chi connectivity index (χ2n) is 6.19. The quantitative estimate of drug-likeness (QED) is 0.638. The van der Waals surface area contributed by atoms with Crippen molar-refractivity contribution in [1.82, 2.24) is 10.2 Å². The lowest BCUT2D eigenvalue weighted by molar-refractivity contribution is -0.146. The van der Waals surface area contributed by atoms with E-state index in [0.29, 0.717) is 12.0 Å². The van der Waals surface area contributed by atoms with Crippen LogP contribution in [0.2, 0.25) is 0 Å². The molecule has 122 valence electrons. The van der Waals surface area contributed by atoms with Gasteiger partial charge in [-0.25, -0.2) is 9.59 Å². The second-order valence-corrected chi connectivity index (χ2v) is 6.19. The highest BCUT2D eigenvalue weighted by atomic mass is 16.4. The predicted molar refractivity (Wildman–Crippen MR) is 80.1 cm³/mol. The van der Waals surface area contributed by atoms with Gasteiger partial charge in [0, 0.05) is 25.6 Å². The number of carboxylic acid groups (broad SMARTS) is 1. The molecule has 2 amide bonds. The topological polar surface area (TPSA) is 89.9 Å². The average Bonchev–Trinajstić information content (AvgIpc) is 2.92. The van der Waals surface area contributed by atoms with Gasteiger partial charge in [0.15, 0.2) is 6.10 Å². The molecular formula is C15H28N2O4. The number of nitrogens with one attached hydrogen (secondary N) is 1. The normalized spacial score (nSPS) is 17.0. The summed E-state index contributed by atoms with van der Waals surface area (Å²) in [5.74, 6) is -0.716. The summed E-state index contributed by atoms with van der Waals surface area (Å²) in [5.41, 5.74) is 0. The first kappa shape index (κ1) is 17.8. The summed E-state index contributed by atoms with van der Waals surface area (Å²) >= 11 is 0. The molecule has 1 saturated carbocycles. The Morgan fingerprint density at radius 3 is 2.38 bits per heavy atom. The van der Waals surface area contributed by atoms with Gasteiger partial charge in [0.2, 0.25) is 0 Å². The molecule has 1 rings (SSSR count). The Balaban J connectivity index is 2.44. The lowest BCUT2D eigenvalue weighted by atomic mass is 10.1. The summed E-state index contributed by atoms with van der Waals surface area (Å²) in [5, 5.41) is 20.5. The van der Waals surface area contributed by atoms with Crippen molar-refractivity contribution in [3.8, 4) is 0 Å². The zero-order valence-corrected chi connectivity index (χ0v) is 13.0. The zero-order chi connectivity index (χ0) is 15.8. The van der Waals surface area contributed by atoms with Gasteiger partial charge in [0.05, 0.1) is 0 Å². The molecule has 0 bridgehead atoms. The molecule has 1 aliphatic carbocycles. The van der Waals surface area contributed by atoms with Crippen LogP contribution in [0, 0.1) is 5.92 Å². The maximum absolute atomic E-state index is 12.3. The van der Waals surface area contributed by atoms with Crippen molar-refractivity contribution >= 4 is 12.0 Å². The fourth-order valence-electron chi connectivity index (χ4n) is 2.60. The van der Waals surface area contributed by atoms with E-state index in [9.17, 15) is 14.7 Å². The number of amides is 2. The Hall–Kier alpha value is -1.30. The number of nitrogens with zero attached hydrogens (tertiary/aromatic N) is 1. The zero-order valence-electron chi connectivity index (χ0n) is 13.0. The average molecular weight is 300 g/mol. The van der Waals surface area contributed by atoms with Gasteiger partial charge in [0.1, 0.15) is 0 Å². The first-order chi connectivity index (χ1) is 9.91. The van der Waals surface area contributed by atoms with Crippen LogP contribution in [0.4, 0.5) is 4.79 Å². The Morgan fingerprint density at radius 1 is 1.24 bits per heavy atom. The summed E-state index contributed by atoms with van der Waals surface area (Å²) in [6.07, 6.45) is 3.99. The molecule has 1 atom stereocenters. The van der Waals surface area contributed by atoms with Crippen LogP contribution in [0.3, 0.4) is 0 Å². The van der Waals surface area contributed by atoms with Crippen molar-refractivity contribution in [3.63, 3.8) is 0 Å². The Kier molecular flexibility index (Phi) is 7.50. The summed E-state index contributed by atoms with van der Waals surface area (Å²) in [6.45, 7) is 5.18. The third-order valence-electron chi connectivity index (χ3n) is 3.95. The molecule has 1 fully saturated rings. The monoisotopic (exact) mass is 300 g/mol.